The lowest BCUT2D eigenvalue weighted by atomic mass is 10.1. The van der Waals surface area contributed by atoms with Gasteiger partial charge >= 0.3 is 0 Å². The van der Waals surface area contributed by atoms with Gasteiger partial charge in [-0.25, -0.2) is 0 Å². The summed E-state index contributed by atoms with van der Waals surface area (Å²) in [5.41, 5.74) is 3.61. The number of hydrogen-bond acceptors (Lipinski definition) is 2. The first-order valence-corrected chi connectivity index (χ1v) is 7.93. The maximum absolute atomic E-state index is 12.4. The van der Waals surface area contributed by atoms with Crippen LogP contribution in [0.4, 0.5) is 5.69 Å². The van der Waals surface area contributed by atoms with E-state index in [1.807, 2.05) is 37.3 Å². The molecule has 0 unspecified atom stereocenters. The number of hydrogen-bond donors (Lipinski definition) is 1. The molecule has 0 aromatic heterocycles. The van der Waals surface area contributed by atoms with Crippen molar-refractivity contribution in [3.8, 4) is 0 Å². The number of carbonyl (C=O) groups is 2. The van der Waals surface area contributed by atoms with E-state index in [0.717, 1.165) is 21.3 Å². The molecule has 2 aromatic rings. The summed E-state index contributed by atoms with van der Waals surface area (Å²) >= 11 is 3.39. The van der Waals surface area contributed by atoms with E-state index in [9.17, 15) is 9.59 Å². The van der Waals surface area contributed by atoms with Crippen LogP contribution < -0.4 is 5.32 Å². The number of halogens is 1. The fourth-order valence-electron chi connectivity index (χ4n) is 2.60. The molecule has 23 heavy (non-hydrogen) atoms. The molecule has 0 saturated carbocycles. The van der Waals surface area contributed by atoms with E-state index in [2.05, 4.69) is 27.8 Å². The summed E-state index contributed by atoms with van der Waals surface area (Å²) in [5, 5.41) is 2.84. The predicted octanol–water partition coefficient (Wildman–Crippen LogP) is 3.82. The van der Waals surface area contributed by atoms with Crippen molar-refractivity contribution >= 4 is 39.1 Å². The van der Waals surface area contributed by atoms with Gasteiger partial charge in [0.2, 0.25) is 5.91 Å². The minimum Gasteiger partial charge on any atom is -0.324 e. The zero-order chi connectivity index (χ0) is 16.6. The first kappa shape index (κ1) is 15.5. The molecule has 0 radical (unpaired) electrons. The number of carbonyl (C=O) groups excluding carboxylic acids is 2. The minimum absolute atomic E-state index is 0.0537. The molecule has 0 saturated heterocycles. The Morgan fingerprint density at radius 2 is 1.91 bits per heavy atom. The van der Waals surface area contributed by atoms with Crippen molar-refractivity contribution in [1.29, 1.82) is 0 Å². The van der Waals surface area contributed by atoms with Crippen LogP contribution >= 0.6 is 15.9 Å². The highest BCUT2D eigenvalue weighted by Crippen LogP contribution is 2.31. The molecule has 0 fully saturated rings. The molecule has 2 aromatic carbocycles. The Hall–Kier alpha value is -2.40. The normalized spacial score (nSPS) is 13.2. The lowest BCUT2D eigenvalue weighted by Gasteiger charge is -2.17. The lowest BCUT2D eigenvalue weighted by molar-refractivity contribution is -0.116. The van der Waals surface area contributed by atoms with Gasteiger partial charge in [0.1, 0.15) is 6.54 Å². The molecule has 5 heteroatoms. The highest BCUT2D eigenvalue weighted by atomic mass is 79.9. The number of aryl methyl sites for hydroxylation is 1. The van der Waals surface area contributed by atoms with Crippen LogP contribution in [0.1, 0.15) is 21.5 Å². The minimum atomic E-state index is -0.252. The topological polar surface area (TPSA) is 49.4 Å². The SMILES string of the molecule is C=C1c2ccccc2C(=O)N1CC(=O)Nc1ccc(Br)cc1C. The van der Waals surface area contributed by atoms with Gasteiger partial charge in [-0.05, 0) is 36.8 Å². The van der Waals surface area contributed by atoms with Crippen LogP contribution in [0.25, 0.3) is 5.70 Å². The second kappa shape index (κ2) is 6.01. The third-order valence-electron chi connectivity index (χ3n) is 3.80. The zero-order valence-electron chi connectivity index (χ0n) is 12.6. The van der Waals surface area contributed by atoms with E-state index < -0.39 is 0 Å². The van der Waals surface area contributed by atoms with Crippen molar-refractivity contribution in [2.75, 3.05) is 11.9 Å². The number of nitrogens with zero attached hydrogens (tertiary/aromatic N) is 1. The Balaban J connectivity index is 1.74. The van der Waals surface area contributed by atoms with Gasteiger partial charge in [0, 0.05) is 27.0 Å². The molecule has 1 aliphatic rings. The van der Waals surface area contributed by atoms with Gasteiger partial charge in [-0.3, -0.25) is 14.5 Å². The predicted molar refractivity (Wildman–Crippen MR) is 94.0 cm³/mol. The van der Waals surface area contributed by atoms with Crippen LogP contribution in [0.3, 0.4) is 0 Å². The maximum Gasteiger partial charge on any atom is 0.259 e. The van der Waals surface area contributed by atoms with E-state index >= 15 is 0 Å². The van der Waals surface area contributed by atoms with Gasteiger partial charge in [0.25, 0.3) is 5.91 Å². The Bertz CT molecular complexity index is 795. The van der Waals surface area contributed by atoms with E-state index in [-0.39, 0.29) is 18.4 Å². The van der Waals surface area contributed by atoms with Gasteiger partial charge in [-0.1, -0.05) is 40.7 Å². The Morgan fingerprint density at radius 1 is 1.22 bits per heavy atom. The standard InChI is InChI=1S/C18H15BrN2O2/c1-11-9-13(19)7-8-16(11)20-17(22)10-21-12(2)14-5-3-4-6-15(14)18(21)23/h3-9H,2,10H2,1H3,(H,20,22). The van der Waals surface area contributed by atoms with Crippen LogP contribution in [-0.4, -0.2) is 23.3 Å². The Labute approximate surface area is 142 Å². The molecule has 4 nitrogen and oxygen atoms in total. The van der Waals surface area contributed by atoms with E-state index in [0.29, 0.717) is 11.3 Å². The van der Waals surface area contributed by atoms with Crippen LogP contribution in [0, 0.1) is 6.92 Å². The summed E-state index contributed by atoms with van der Waals surface area (Å²) in [5.74, 6) is -0.439. The van der Waals surface area contributed by atoms with Crippen LogP contribution in [-0.2, 0) is 4.79 Å². The quantitative estimate of drug-likeness (QED) is 0.892. The van der Waals surface area contributed by atoms with Gasteiger partial charge in [-0.2, -0.15) is 0 Å². The molecular formula is C18H15BrN2O2. The molecule has 3 rings (SSSR count). The second-order valence-electron chi connectivity index (χ2n) is 5.39. The van der Waals surface area contributed by atoms with Crippen molar-refractivity contribution in [1.82, 2.24) is 4.90 Å². The van der Waals surface area contributed by atoms with Crippen molar-refractivity contribution in [3.05, 3.63) is 70.2 Å². The van der Waals surface area contributed by atoms with Crippen molar-refractivity contribution in [2.45, 2.75) is 6.92 Å². The van der Waals surface area contributed by atoms with Crippen molar-refractivity contribution < 1.29 is 9.59 Å². The number of fused-ring (bicyclic) bond motifs is 1. The third-order valence-corrected chi connectivity index (χ3v) is 4.30. The fourth-order valence-corrected chi connectivity index (χ4v) is 3.08. The average molecular weight is 371 g/mol. The van der Waals surface area contributed by atoms with Crippen LogP contribution in [0.2, 0.25) is 0 Å². The van der Waals surface area contributed by atoms with Gasteiger partial charge < -0.3 is 5.32 Å². The average Bonchev–Trinajstić information content (AvgIpc) is 2.76. The highest BCUT2D eigenvalue weighted by Gasteiger charge is 2.31. The Kier molecular flexibility index (Phi) is 4.05. The molecule has 0 atom stereocenters. The third kappa shape index (κ3) is 2.92. The molecule has 0 aliphatic carbocycles. The molecular weight excluding hydrogens is 356 g/mol. The fraction of sp³-hybridized carbons (Fsp3) is 0.111. The summed E-state index contributed by atoms with van der Waals surface area (Å²) in [6.45, 7) is 5.79. The largest absolute Gasteiger partial charge is 0.324 e. The monoisotopic (exact) mass is 370 g/mol. The second-order valence-corrected chi connectivity index (χ2v) is 6.31. The first-order chi connectivity index (χ1) is 11.0. The summed E-state index contributed by atoms with van der Waals surface area (Å²) in [6.07, 6.45) is 0. The zero-order valence-corrected chi connectivity index (χ0v) is 14.2. The summed E-state index contributed by atoms with van der Waals surface area (Å²) in [6, 6.07) is 12.9. The molecule has 2 amide bonds. The molecule has 0 spiro atoms. The van der Waals surface area contributed by atoms with Crippen molar-refractivity contribution in [2.24, 2.45) is 0 Å². The number of nitrogens with one attached hydrogen (secondary N) is 1. The van der Waals surface area contributed by atoms with Gasteiger partial charge in [0.05, 0.1) is 0 Å². The number of amides is 2. The van der Waals surface area contributed by atoms with Crippen LogP contribution in [0.5, 0.6) is 0 Å². The van der Waals surface area contributed by atoms with Gasteiger partial charge in [-0.15, -0.1) is 0 Å². The molecule has 1 heterocycles. The van der Waals surface area contributed by atoms with Crippen molar-refractivity contribution in [3.63, 3.8) is 0 Å². The summed E-state index contributed by atoms with van der Waals surface area (Å²) in [7, 11) is 0. The maximum atomic E-state index is 12.4. The smallest absolute Gasteiger partial charge is 0.259 e. The lowest BCUT2D eigenvalue weighted by Crippen LogP contribution is -2.32. The summed E-state index contributed by atoms with van der Waals surface area (Å²) < 4.78 is 0.951. The molecule has 1 N–H and O–H groups in total. The van der Waals surface area contributed by atoms with Gasteiger partial charge in [0.15, 0.2) is 0 Å². The highest BCUT2D eigenvalue weighted by molar-refractivity contribution is 9.10. The summed E-state index contributed by atoms with van der Waals surface area (Å²) in [4.78, 5) is 26.1. The van der Waals surface area contributed by atoms with Crippen LogP contribution in [0.15, 0.2) is 53.5 Å². The first-order valence-electron chi connectivity index (χ1n) is 7.13. The van der Waals surface area contributed by atoms with E-state index in [1.165, 1.54) is 4.90 Å². The van der Waals surface area contributed by atoms with E-state index in [4.69, 9.17) is 0 Å². The number of rotatable bonds is 3. The molecule has 116 valence electrons. The Morgan fingerprint density at radius 3 is 2.57 bits per heavy atom. The van der Waals surface area contributed by atoms with E-state index in [1.54, 1.807) is 12.1 Å². The molecule has 0 bridgehead atoms. The molecule has 1 aliphatic heterocycles. The number of benzene rings is 2. The number of anilines is 1.